The molecule has 0 aliphatic rings. The summed E-state index contributed by atoms with van der Waals surface area (Å²) in [6.45, 7) is 2.32. The molecule has 2 rings (SSSR count). The molecule has 2 aromatic rings. The highest BCUT2D eigenvalue weighted by atomic mass is 35.5. The molecule has 0 N–H and O–H groups in total. The number of nitro groups is 1. The van der Waals surface area contributed by atoms with Gasteiger partial charge in [0.05, 0.1) is 9.95 Å². The lowest BCUT2D eigenvalue weighted by Crippen LogP contribution is -2.16. The van der Waals surface area contributed by atoms with Gasteiger partial charge in [-0.2, -0.15) is 5.10 Å². The number of aryl methyl sites for hydroxylation is 1. The summed E-state index contributed by atoms with van der Waals surface area (Å²) in [7, 11) is 0. The molecule has 0 saturated heterocycles. The van der Waals surface area contributed by atoms with Crippen molar-refractivity contribution in [3.8, 4) is 0 Å². The number of benzene rings is 1. The zero-order valence-electron chi connectivity index (χ0n) is 12.4. The Bertz CT molecular complexity index is 755. The number of esters is 1. The van der Waals surface area contributed by atoms with Crippen LogP contribution in [-0.2, 0) is 22.7 Å². The molecule has 1 aromatic heterocycles. The third-order valence-corrected chi connectivity index (χ3v) is 3.60. The molecular weight excluding hydrogens is 329 g/mol. The van der Waals surface area contributed by atoms with E-state index in [-0.39, 0.29) is 40.8 Å². The van der Waals surface area contributed by atoms with E-state index in [1.807, 2.05) is 0 Å². The predicted molar refractivity (Wildman–Crippen MR) is 79.6 cm³/mol. The second-order valence-electron chi connectivity index (χ2n) is 4.80. The Kier molecular flexibility index (Phi) is 4.95. The zero-order chi connectivity index (χ0) is 17.1. The Morgan fingerprint density at radius 2 is 2.17 bits per heavy atom. The molecule has 23 heavy (non-hydrogen) atoms. The van der Waals surface area contributed by atoms with Crippen LogP contribution in [0.1, 0.15) is 17.0 Å². The van der Waals surface area contributed by atoms with Gasteiger partial charge in [0, 0.05) is 5.56 Å². The number of halogens is 2. The minimum absolute atomic E-state index is 0.0712. The fourth-order valence-corrected chi connectivity index (χ4v) is 2.31. The van der Waals surface area contributed by atoms with Crippen LogP contribution in [0, 0.1) is 29.8 Å². The van der Waals surface area contributed by atoms with Gasteiger partial charge in [-0.1, -0.05) is 17.7 Å². The Labute approximate surface area is 135 Å². The Balaban J connectivity index is 2.06. The number of carbonyl (C=O) groups is 1. The molecular formula is C14H13ClFN3O4. The van der Waals surface area contributed by atoms with Crippen molar-refractivity contribution in [3.05, 3.63) is 56.1 Å². The number of rotatable bonds is 5. The van der Waals surface area contributed by atoms with E-state index in [1.165, 1.54) is 36.7 Å². The average molecular weight is 342 g/mol. The van der Waals surface area contributed by atoms with E-state index in [2.05, 4.69) is 5.10 Å². The standard InChI is InChI=1S/C14H13ClFN3O4/c1-8-14(19(21)22)9(2)18(17-8)6-13(20)23-7-10-11(15)4-3-5-12(10)16/h3-5H,6-7H2,1-2H3. The molecule has 7 nitrogen and oxygen atoms in total. The summed E-state index contributed by atoms with van der Waals surface area (Å²) in [5, 5.41) is 15.0. The fourth-order valence-electron chi connectivity index (χ4n) is 2.10. The van der Waals surface area contributed by atoms with Crippen LogP contribution in [0.2, 0.25) is 5.02 Å². The molecule has 0 spiro atoms. The van der Waals surface area contributed by atoms with Crippen LogP contribution in [0.5, 0.6) is 0 Å². The van der Waals surface area contributed by atoms with Crippen molar-refractivity contribution < 1.29 is 18.8 Å². The van der Waals surface area contributed by atoms with Gasteiger partial charge in [0.15, 0.2) is 0 Å². The van der Waals surface area contributed by atoms with E-state index < -0.39 is 16.7 Å². The van der Waals surface area contributed by atoms with Gasteiger partial charge in [-0.05, 0) is 26.0 Å². The minimum Gasteiger partial charge on any atom is -0.459 e. The SMILES string of the molecule is Cc1nn(CC(=O)OCc2c(F)cccc2Cl)c(C)c1[N+](=O)[O-]. The summed E-state index contributed by atoms with van der Waals surface area (Å²) in [4.78, 5) is 22.2. The summed E-state index contributed by atoms with van der Waals surface area (Å²) < 4.78 is 19.7. The van der Waals surface area contributed by atoms with E-state index in [1.54, 1.807) is 0 Å². The van der Waals surface area contributed by atoms with Crippen molar-refractivity contribution in [1.82, 2.24) is 9.78 Å². The molecule has 0 radical (unpaired) electrons. The lowest BCUT2D eigenvalue weighted by atomic mass is 10.2. The third-order valence-electron chi connectivity index (χ3n) is 3.24. The number of hydrogen-bond donors (Lipinski definition) is 0. The van der Waals surface area contributed by atoms with Gasteiger partial charge in [0.1, 0.15) is 30.4 Å². The van der Waals surface area contributed by atoms with Crippen LogP contribution in [0.4, 0.5) is 10.1 Å². The first-order valence-electron chi connectivity index (χ1n) is 6.58. The first-order valence-corrected chi connectivity index (χ1v) is 6.96. The average Bonchev–Trinajstić information content (AvgIpc) is 2.72. The van der Waals surface area contributed by atoms with Gasteiger partial charge in [-0.3, -0.25) is 19.6 Å². The molecule has 0 unspecified atom stereocenters. The Morgan fingerprint density at radius 3 is 2.74 bits per heavy atom. The summed E-state index contributed by atoms with van der Waals surface area (Å²) >= 11 is 5.83. The second-order valence-corrected chi connectivity index (χ2v) is 5.20. The number of ether oxygens (including phenoxy) is 1. The highest BCUT2D eigenvalue weighted by Gasteiger charge is 2.23. The number of hydrogen-bond acceptors (Lipinski definition) is 5. The van der Waals surface area contributed by atoms with Crippen LogP contribution in [0.3, 0.4) is 0 Å². The lowest BCUT2D eigenvalue weighted by Gasteiger charge is -2.08. The van der Waals surface area contributed by atoms with Gasteiger partial charge < -0.3 is 4.74 Å². The largest absolute Gasteiger partial charge is 0.459 e. The molecule has 0 aliphatic carbocycles. The molecule has 0 atom stereocenters. The first-order chi connectivity index (χ1) is 10.8. The minimum atomic E-state index is -0.704. The number of aromatic nitrogens is 2. The second kappa shape index (κ2) is 6.74. The van der Waals surface area contributed by atoms with Gasteiger partial charge in [0.25, 0.3) is 0 Å². The highest BCUT2D eigenvalue weighted by Crippen LogP contribution is 2.22. The monoisotopic (exact) mass is 341 g/mol. The highest BCUT2D eigenvalue weighted by molar-refractivity contribution is 6.31. The maximum Gasteiger partial charge on any atom is 0.328 e. The quantitative estimate of drug-likeness (QED) is 0.474. The van der Waals surface area contributed by atoms with E-state index >= 15 is 0 Å². The third kappa shape index (κ3) is 3.65. The summed E-state index contributed by atoms with van der Waals surface area (Å²) in [6, 6.07) is 4.13. The number of nitrogens with zero attached hydrogens (tertiary/aromatic N) is 3. The lowest BCUT2D eigenvalue weighted by molar-refractivity contribution is -0.386. The van der Waals surface area contributed by atoms with Crippen molar-refractivity contribution in [1.29, 1.82) is 0 Å². The van der Waals surface area contributed by atoms with Crippen molar-refractivity contribution >= 4 is 23.3 Å². The normalized spacial score (nSPS) is 10.6. The summed E-state index contributed by atoms with van der Waals surface area (Å²) in [6.07, 6.45) is 0. The topological polar surface area (TPSA) is 87.3 Å². The number of carbonyl (C=O) groups excluding carboxylic acids is 1. The van der Waals surface area contributed by atoms with E-state index in [9.17, 15) is 19.3 Å². The molecule has 122 valence electrons. The first kappa shape index (κ1) is 16.9. The molecule has 1 heterocycles. The van der Waals surface area contributed by atoms with Crippen molar-refractivity contribution in [2.24, 2.45) is 0 Å². The molecule has 0 bridgehead atoms. The molecule has 0 aliphatic heterocycles. The van der Waals surface area contributed by atoms with Gasteiger partial charge in [0.2, 0.25) is 0 Å². The van der Waals surface area contributed by atoms with Crippen LogP contribution in [0.25, 0.3) is 0 Å². The summed E-state index contributed by atoms with van der Waals surface area (Å²) in [5.74, 6) is -1.28. The maximum atomic E-state index is 13.6. The van der Waals surface area contributed by atoms with Gasteiger partial charge in [-0.25, -0.2) is 4.39 Å². The van der Waals surface area contributed by atoms with Gasteiger partial charge in [-0.15, -0.1) is 0 Å². The van der Waals surface area contributed by atoms with Crippen LogP contribution in [0.15, 0.2) is 18.2 Å². The van der Waals surface area contributed by atoms with Gasteiger partial charge >= 0.3 is 11.7 Å². The maximum absolute atomic E-state index is 13.6. The molecule has 0 fully saturated rings. The molecule has 0 amide bonds. The van der Waals surface area contributed by atoms with Crippen LogP contribution >= 0.6 is 11.6 Å². The van der Waals surface area contributed by atoms with E-state index in [0.717, 1.165) is 0 Å². The van der Waals surface area contributed by atoms with E-state index in [4.69, 9.17) is 16.3 Å². The molecule has 0 saturated carbocycles. The Morgan fingerprint density at radius 1 is 1.48 bits per heavy atom. The van der Waals surface area contributed by atoms with Crippen LogP contribution in [-0.4, -0.2) is 20.7 Å². The summed E-state index contributed by atoms with van der Waals surface area (Å²) in [5.41, 5.74) is 0.377. The van der Waals surface area contributed by atoms with Crippen molar-refractivity contribution in [3.63, 3.8) is 0 Å². The Hall–Kier alpha value is -2.48. The molecule has 9 heteroatoms. The fraction of sp³-hybridized carbons (Fsp3) is 0.286. The van der Waals surface area contributed by atoms with Crippen LogP contribution < -0.4 is 0 Å². The molecule has 1 aromatic carbocycles. The predicted octanol–water partition coefficient (Wildman–Crippen LogP) is 2.94. The van der Waals surface area contributed by atoms with E-state index in [0.29, 0.717) is 0 Å². The van der Waals surface area contributed by atoms with Crippen molar-refractivity contribution in [2.45, 2.75) is 27.0 Å². The smallest absolute Gasteiger partial charge is 0.328 e. The van der Waals surface area contributed by atoms with Crippen molar-refractivity contribution in [2.75, 3.05) is 0 Å². The zero-order valence-corrected chi connectivity index (χ0v) is 13.1.